The summed E-state index contributed by atoms with van der Waals surface area (Å²) in [6.07, 6.45) is 0.541. The molecule has 0 heterocycles. The first-order valence-corrected chi connectivity index (χ1v) is 9.23. The number of halogens is 1. The lowest BCUT2D eigenvalue weighted by Crippen LogP contribution is -2.42. The minimum atomic E-state index is -0.631. The van der Waals surface area contributed by atoms with E-state index in [-0.39, 0.29) is 11.8 Å². The lowest BCUT2D eigenvalue weighted by Gasteiger charge is -2.18. The number of nitrogens with one attached hydrogen (secondary N) is 1. The normalized spacial score (nSPS) is 11.9. The molecule has 0 fully saturated rings. The molecule has 4 nitrogen and oxygen atoms in total. The molecular weight excluding hydrogens is 429 g/mol. The molecule has 25 heavy (non-hydrogen) atoms. The molecule has 5 heteroatoms. The third-order valence-corrected chi connectivity index (χ3v) is 4.54. The summed E-state index contributed by atoms with van der Waals surface area (Å²) in [6.45, 7) is 4.00. The van der Waals surface area contributed by atoms with E-state index in [1.165, 1.54) is 10.7 Å². The van der Waals surface area contributed by atoms with E-state index < -0.39 is 12.0 Å². The average molecular weight is 451 g/mol. The summed E-state index contributed by atoms with van der Waals surface area (Å²) in [5, 5.41) is 2.77. The van der Waals surface area contributed by atoms with Crippen molar-refractivity contribution in [2.75, 3.05) is 7.11 Å². The van der Waals surface area contributed by atoms with Crippen LogP contribution in [0, 0.1) is 9.49 Å². The van der Waals surface area contributed by atoms with Crippen LogP contribution in [0.25, 0.3) is 11.1 Å². The SMILES string of the molecule is COC(=O)C(CC(C)C)NC(=O)c1ccc(-c2ccc(I)cc2)cc1. The van der Waals surface area contributed by atoms with Gasteiger partial charge >= 0.3 is 5.97 Å². The number of carbonyl (C=O) groups is 2. The highest BCUT2D eigenvalue weighted by molar-refractivity contribution is 14.1. The van der Waals surface area contributed by atoms with Gasteiger partial charge in [0.15, 0.2) is 0 Å². The van der Waals surface area contributed by atoms with E-state index >= 15 is 0 Å². The van der Waals surface area contributed by atoms with E-state index in [9.17, 15) is 9.59 Å². The van der Waals surface area contributed by atoms with Crippen LogP contribution in [0.3, 0.4) is 0 Å². The lowest BCUT2D eigenvalue weighted by atomic mass is 10.0. The molecule has 2 aromatic carbocycles. The zero-order valence-corrected chi connectivity index (χ0v) is 16.7. The summed E-state index contributed by atoms with van der Waals surface area (Å²) in [6, 6.07) is 14.9. The summed E-state index contributed by atoms with van der Waals surface area (Å²) < 4.78 is 5.96. The summed E-state index contributed by atoms with van der Waals surface area (Å²) in [4.78, 5) is 24.3. The highest BCUT2D eigenvalue weighted by Gasteiger charge is 2.23. The van der Waals surface area contributed by atoms with Crippen molar-refractivity contribution in [1.82, 2.24) is 5.32 Å². The molecule has 2 rings (SSSR count). The number of carbonyl (C=O) groups excluding carboxylic acids is 2. The first-order valence-electron chi connectivity index (χ1n) is 8.15. The maximum absolute atomic E-state index is 12.4. The Bertz CT molecular complexity index is 724. The number of esters is 1. The molecule has 0 aliphatic rings. The maximum atomic E-state index is 12.4. The Morgan fingerprint density at radius 1 is 1.00 bits per heavy atom. The minimum Gasteiger partial charge on any atom is -0.467 e. The third kappa shape index (κ3) is 5.56. The van der Waals surface area contributed by atoms with Crippen molar-refractivity contribution in [2.45, 2.75) is 26.3 Å². The number of ether oxygens (including phenoxy) is 1. The van der Waals surface area contributed by atoms with Gasteiger partial charge in [0.25, 0.3) is 5.91 Å². The van der Waals surface area contributed by atoms with Crippen molar-refractivity contribution in [3.63, 3.8) is 0 Å². The molecule has 0 bridgehead atoms. The average Bonchev–Trinajstić information content (AvgIpc) is 2.61. The highest BCUT2D eigenvalue weighted by Crippen LogP contribution is 2.21. The Kier molecular flexibility index (Phi) is 6.99. The summed E-state index contributed by atoms with van der Waals surface area (Å²) in [7, 11) is 1.33. The van der Waals surface area contributed by atoms with Gasteiger partial charge in [0.1, 0.15) is 6.04 Å². The Morgan fingerprint density at radius 2 is 1.52 bits per heavy atom. The van der Waals surface area contributed by atoms with Crippen molar-refractivity contribution in [3.05, 3.63) is 57.7 Å². The maximum Gasteiger partial charge on any atom is 0.328 e. The molecule has 1 atom stereocenters. The predicted molar refractivity (Wildman–Crippen MR) is 107 cm³/mol. The van der Waals surface area contributed by atoms with Crippen LogP contribution in [0.4, 0.5) is 0 Å². The molecule has 0 aliphatic heterocycles. The van der Waals surface area contributed by atoms with Crippen LogP contribution in [0.1, 0.15) is 30.6 Å². The molecule has 0 aliphatic carbocycles. The van der Waals surface area contributed by atoms with Gasteiger partial charge in [0.05, 0.1) is 7.11 Å². The van der Waals surface area contributed by atoms with Gasteiger partial charge in [-0.25, -0.2) is 4.79 Å². The third-order valence-electron chi connectivity index (χ3n) is 3.82. The van der Waals surface area contributed by atoms with E-state index in [4.69, 9.17) is 4.74 Å². The Balaban J connectivity index is 2.11. The summed E-state index contributed by atoms with van der Waals surface area (Å²) in [5.74, 6) is -0.421. The number of rotatable bonds is 6. The molecule has 1 amide bonds. The second-order valence-electron chi connectivity index (χ2n) is 6.26. The van der Waals surface area contributed by atoms with Gasteiger partial charge < -0.3 is 10.1 Å². The van der Waals surface area contributed by atoms with Gasteiger partial charge in [-0.15, -0.1) is 0 Å². The van der Waals surface area contributed by atoms with Crippen LogP contribution in [0.15, 0.2) is 48.5 Å². The zero-order chi connectivity index (χ0) is 18.4. The molecule has 132 valence electrons. The van der Waals surface area contributed by atoms with Crippen LogP contribution >= 0.6 is 22.6 Å². The smallest absolute Gasteiger partial charge is 0.328 e. The van der Waals surface area contributed by atoms with E-state index in [0.29, 0.717) is 12.0 Å². The van der Waals surface area contributed by atoms with E-state index in [0.717, 1.165) is 11.1 Å². The lowest BCUT2D eigenvalue weighted by molar-refractivity contribution is -0.143. The molecule has 0 radical (unpaired) electrons. The molecule has 0 saturated heterocycles. The number of amides is 1. The molecule has 1 N–H and O–H groups in total. The Hall–Kier alpha value is -1.89. The van der Waals surface area contributed by atoms with Crippen LogP contribution in [-0.2, 0) is 9.53 Å². The van der Waals surface area contributed by atoms with E-state index in [1.54, 1.807) is 12.1 Å². The van der Waals surface area contributed by atoms with Crippen molar-refractivity contribution in [2.24, 2.45) is 5.92 Å². The fourth-order valence-corrected chi connectivity index (χ4v) is 2.89. The van der Waals surface area contributed by atoms with Crippen LogP contribution in [0.5, 0.6) is 0 Å². The topological polar surface area (TPSA) is 55.4 Å². The molecule has 2 aromatic rings. The van der Waals surface area contributed by atoms with E-state index in [1.807, 2.05) is 50.2 Å². The summed E-state index contributed by atoms with van der Waals surface area (Å²) >= 11 is 2.27. The molecular formula is C20H22INO3. The Morgan fingerprint density at radius 3 is 2.00 bits per heavy atom. The van der Waals surface area contributed by atoms with Gasteiger partial charge in [-0.2, -0.15) is 0 Å². The van der Waals surface area contributed by atoms with Gasteiger partial charge in [0.2, 0.25) is 0 Å². The number of hydrogen-bond acceptors (Lipinski definition) is 3. The van der Waals surface area contributed by atoms with Crippen LogP contribution in [0.2, 0.25) is 0 Å². The molecule has 0 aromatic heterocycles. The quantitative estimate of drug-likeness (QED) is 0.527. The van der Waals surface area contributed by atoms with Gasteiger partial charge in [-0.3, -0.25) is 4.79 Å². The first kappa shape index (κ1) is 19.4. The first-order chi connectivity index (χ1) is 11.9. The van der Waals surface area contributed by atoms with Crippen molar-refractivity contribution in [3.8, 4) is 11.1 Å². The largest absolute Gasteiger partial charge is 0.467 e. The molecule has 0 saturated carbocycles. The Labute approximate surface area is 162 Å². The fourth-order valence-electron chi connectivity index (χ4n) is 2.53. The standard InChI is InChI=1S/C20H22INO3/c1-13(2)12-18(20(24)25-3)22-19(23)16-6-4-14(5-7-16)15-8-10-17(21)11-9-15/h4-11,13,18H,12H2,1-3H3,(H,22,23). The van der Waals surface area contributed by atoms with E-state index in [2.05, 4.69) is 27.9 Å². The highest BCUT2D eigenvalue weighted by atomic mass is 127. The van der Waals surface area contributed by atoms with Gasteiger partial charge in [0, 0.05) is 9.13 Å². The zero-order valence-electron chi connectivity index (χ0n) is 14.6. The van der Waals surface area contributed by atoms with Crippen molar-refractivity contribution >= 4 is 34.5 Å². The number of benzene rings is 2. The van der Waals surface area contributed by atoms with Crippen molar-refractivity contribution in [1.29, 1.82) is 0 Å². The molecule has 0 spiro atoms. The summed E-state index contributed by atoms with van der Waals surface area (Å²) in [5.41, 5.74) is 2.66. The number of methoxy groups -OCH3 is 1. The second kappa shape index (κ2) is 8.99. The van der Waals surface area contributed by atoms with Crippen LogP contribution < -0.4 is 5.32 Å². The number of hydrogen-bond donors (Lipinski definition) is 1. The van der Waals surface area contributed by atoms with Gasteiger partial charge in [-0.1, -0.05) is 38.1 Å². The monoisotopic (exact) mass is 451 g/mol. The molecule has 1 unspecified atom stereocenters. The van der Waals surface area contributed by atoms with Crippen molar-refractivity contribution < 1.29 is 14.3 Å². The minimum absolute atomic E-state index is 0.271. The predicted octanol–water partition coefficient (Wildman–Crippen LogP) is 4.28. The second-order valence-corrected chi connectivity index (χ2v) is 7.51. The van der Waals surface area contributed by atoms with Gasteiger partial charge in [-0.05, 0) is 70.3 Å². The fraction of sp³-hybridized carbons (Fsp3) is 0.300. The van der Waals surface area contributed by atoms with Crippen LogP contribution in [-0.4, -0.2) is 25.0 Å².